The molecule has 1 amide bonds. The molecular weight excluding hydrogens is 252 g/mol. The molecule has 0 saturated heterocycles. The molecule has 0 heterocycles. The summed E-state index contributed by atoms with van der Waals surface area (Å²) >= 11 is 0. The number of hydrogen-bond donors (Lipinski definition) is 2. The SMILES string of the molecule is CN(C)c1ccccc1NC(=O)Cc1ccc(O)cc1. The van der Waals surface area contributed by atoms with Gasteiger partial charge in [0.05, 0.1) is 17.8 Å². The molecule has 0 saturated carbocycles. The molecule has 0 aromatic heterocycles. The highest BCUT2D eigenvalue weighted by Crippen LogP contribution is 2.23. The Labute approximate surface area is 118 Å². The first-order chi connectivity index (χ1) is 9.56. The van der Waals surface area contributed by atoms with E-state index in [1.807, 2.05) is 43.3 Å². The minimum atomic E-state index is -0.0787. The Kier molecular flexibility index (Phi) is 4.25. The summed E-state index contributed by atoms with van der Waals surface area (Å²) in [6, 6.07) is 14.3. The second kappa shape index (κ2) is 6.10. The summed E-state index contributed by atoms with van der Waals surface area (Å²) in [6.07, 6.45) is 0.280. The zero-order chi connectivity index (χ0) is 14.5. The van der Waals surface area contributed by atoms with Gasteiger partial charge in [-0.15, -0.1) is 0 Å². The van der Waals surface area contributed by atoms with Crippen molar-refractivity contribution in [3.05, 3.63) is 54.1 Å². The Bertz CT molecular complexity index is 592. The average Bonchev–Trinajstić information content (AvgIpc) is 2.41. The van der Waals surface area contributed by atoms with Crippen LogP contribution in [0.5, 0.6) is 5.75 Å². The van der Waals surface area contributed by atoms with Gasteiger partial charge in [0.1, 0.15) is 5.75 Å². The summed E-state index contributed by atoms with van der Waals surface area (Å²) in [4.78, 5) is 14.0. The molecule has 104 valence electrons. The van der Waals surface area contributed by atoms with Crippen molar-refractivity contribution in [1.82, 2.24) is 0 Å². The number of nitrogens with zero attached hydrogens (tertiary/aromatic N) is 1. The lowest BCUT2D eigenvalue weighted by Crippen LogP contribution is -2.18. The van der Waals surface area contributed by atoms with Crippen LogP contribution >= 0.6 is 0 Å². The molecule has 2 aromatic carbocycles. The lowest BCUT2D eigenvalue weighted by molar-refractivity contribution is -0.115. The summed E-state index contributed by atoms with van der Waals surface area (Å²) in [5.41, 5.74) is 2.62. The van der Waals surface area contributed by atoms with E-state index in [1.54, 1.807) is 24.3 Å². The van der Waals surface area contributed by atoms with Crippen LogP contribution in [0.1, 0.15) is 5.56 Å². The van der Waals surface area contributed by atoms with Crippen molar-refractivity contribution in [2.24, 2.45) is 0 Å². The van der Waals surface area contributed by atoms with E-state index in [0.717, 1.165) is 16.9 Å². The maximum Gasteiger partial charge on any atom is 0.228 e. The molecule has 20 heavy (non-hydrogen) atoms. The van der Waals surface area contributed by atoms with Gasteiger partial charge in [0.25, 0.3) is 0 Å². The van der Waals surface area contributed by atoms with Crippen LogP contribution in [0, 0.1) is 0 Å². The van der Waals surface area contributed by atoms with Gasteiger partial charge >= 0.3 is 0 Å². The zero-order valence-corrected chi connectivity index (χ0v) is 11.6. The lowest BCUT2D eigenvalue weighted by Gasteiger charge is -2.17. The van der Waals surface area contributed by atoms with Gasteiger partial charge in [-0.3, -0.25) is 4.79 Å². The Morgan fingerprint density at radius 3 is 2.40 bits per heavy atom. The highest BCUT2D eigenvalue weighted by atomic mass is 16.3. The van der Waals surface area contributed by atoms with Gasteiger partial charge in [0.15, 0.2) is 0 Å². The van der Waals surface area contributed by atoms with E-state index in [9.17, 15) is 9.90 Å². The van der Waals surface area contributed by atoms with E-state index in [4.69, 9.17) is 0 Å². The first-order valence-electron chi connectivity index (χ1n) is 6.40. The number of carbonyl (C=O) groups excluding carboxylic acids is 1. The quantitative estimate of drug-likeness (QED) is 0.898. The number of phenols is 1. The van der Waals surface area contributed by atoms with E-state index in [1.165, 1.54) is 0 Å². The first kappa shape index (κ1) is 13.9. The number of carbonyl (C=O) groups is 1. The molecule has 0 unspecified atom stereocenters. The van der Waals surface area contributed by atoms with Crippen molar-refractivity contribution in [2.45, 2.75) is 6.42 Å². The van der Waals surface area contributed by atoms with Crippen LogP contribution in [-0.4, -0.2) is 25.1 Å². The Morgan fingerprint density at radius 1 is 1.10 bits per heavy atom. The monoisotopic (exact) mass is 270 g/mol. The van der Waals surface area contributed by atoms with Crippen molar-refractivity contribution in [2.75, 3.05) is 24.3 Å². The van der Waals surface area contributed by atoms with Gasteiger partial charge in [-0.1, -0.05) is 24.3 Å². The minimum Gasteiger partial charge on any atom is -0.508 e. The van der Waals surface area contributed by atoms with Crippen LogP contribution in [-0.2, 0) is 11.2 Å². The summed E-state index contributed by atoms with van der Waals surface area (Å²) in [5.74, 6) is 0.122. The first-order valence-corrected chi connectivity index (χ1v) is 6.40. The third-order valence-corrected chi connectivity index (χ3v) is 2.96. The lowest BCUT2D eigenvalue weighted by atomic mass is 10.1. The largest absolute Gasteiger partial charge is 0.508 e. The van der Waals surface area contributed by atoms with E-state index < -0.39 is 0 Å². The van der Waals surface area contributed by atoms with Crippen molar-refractivity contribution in [3.63, 3.8) is 0 Å². The van der Waals surface area contributed by atoms with Gasteiger partial charge < -0.3 is 15.3 Å². The highest BCUT2D eigenvalue weighted by Gasteiger charge is 2.08. The number of nitrogens with one attached hydrogen (secondary N) is 1. The van der Waals surface area contributed by atoms with Crippen molar-refractivity contribution < 1.29 is 9.90 Å². The summed E-state index contributed by atoms with van der Waals surface area (Å²) in [7, 11) is 3.87. The number of amides is 1. The topological polar surface area (TPSA) is 52.6 Å². The van der Waals surface area contributed by atoms with Crippen LogP contribution < -0.4 is 10.2 Å². The number of rotatable bonds is 4. The molecule has 2 rings (SSSR count). The predicted octanol–water partition coefficient (Wildman–Crippen LogP) is 2.64. The second-order valence-electron chi connectivity index (χ2n) is 4.80. The maximum absolute atomic E-state index is 12.0. The van der Waals surface area contributed by atoms with Gasteiger partial charge in [-0.2, -0.15) is 0 Å². The molecular formula is C16H18N2O2. The normalized spacial score (nSPS) is 10.1. The fourth-order valence-electron chi connectivity index (χ4n) is 1.96. The molecule has 4 heteroatoms. The number of aromatic hydroxyl groups is 1. The molecule has 0 spiro atoms. The van der Waals surface area contributed by atoms with Crippen LogP contribution in [0.15, 0.2) is 48.5 Å². The zero-order valence-electron chi connectivity index (χ0n) is 11.6. The summed E-state index contributed by atoms with van der Waals surface area (Å²) < 4.78 is 0. The molecule has 0 aliphatic heterocycles. The fraction of sp³-hybridized carbons (Fsp3) is 0.188. The van der Waals surface area contributed by atoms with Gasteiger partial charge in [-0.25, -0.2) is 0 Å². The van der Waals surface area contributed by atoms with E-state index in [0.29, 0.717) is 0 Å². The predicted molar refractivity (Wildman–Crippen MR) is 81.2 cm³/mol. The van der Waals surface area contributed by atoms with Crippen molar-refractivity contribution in [1.29, 1.82) is 0 Å². The van der Waals surface area contributed by atoms with Gasteiger partial charge in [0, 0.05) is 14.1 Å². The van der Waals surface area contributed by atoms with Crippen LogP contribution in [0.2, 0.25) is 0 Å². The Balaban J connectivity index is 2.07. The van der Waals surface area contributed by atoms with Crippen molar-refractivity contribution >= 4 is 17.3 Å². The van der Waals surface area contributed by atoms with Crippen LogP contribution in [0.3, 0.4) is 0 Å². The van der Waals surface area contributed by atoms with Crippen LogP contribution in [0.4, 0.5) is 11.4 Å². The summed E-state index contributed by atoms with van der Waals surface area (Å²) in [5, 5.41) is 12.1. The maximum atomic E-state index is 12.0. The number of anilines is 2. The van der Waals surface area contributed by atoms with E-state index in [2.05, 4.69) is 5.32 Å². The molecule has 0 aliphatic carbocycles. The molecule has 2 aromatic rings. The fourth-order valence-corrected chi connectivity index (χ4v) is 1.96. The third kappa shape index (κ3) is 3.51. The number of para-hydroxylation sites is 2. The molecule has 2 N–H and O–H groups in total. The average molecular weight is 270 g/mol. The molecule has 0 fully saturated rings. The Hall–Kier alpha value is -2.49. The number of hydrogen-bond acceptors (Lipinski definition) is 3. The smallest absolute Gasteiger partial charge is 0.228 e. The molecule has 0 atom stereocenters. The molecule has 4 nitrogen and oxygen atoms in total. The third-order valence-electron chi connectivity index (χ3n) is 2.96. The van der Waals surface area contributed by atoms with E-state index in [-0.39, 0.29) is 18.1 Å². The second-order valence-corrected chi connectivity index (χ2v) is 4.80. The molecule has 0 radical (unpaired) electrons. The van der Waals surface area contributed by atoms with Crippen molar-refractivity contribution in [3.8, 4) is 5.75 Å². The molecule has 0 bridgehead atoms. The summed E-state index contributed by atoms with van der Waals surface area (Å²) in [6.45, 7) is 0. The standard InChI is InChI=1S/C16H18N2O2/c1-18(2)15-6-4-3-5-14(15)17-16(20)11-12-7-9-13(19)10-8-12/h3-10,19H,11H2,1-2H3,(H,17,20). The van der Waals surface area contributed by atoms with E-state index >= 15 is 0 Å². The molecule has 0 aliphatic rings. The Morgan fingerprint density at radius 2 is 1.75 bits per heavy atom. The number of phenolic OH excluding ortho intramolecular Hbond substituents is 1. The highest BCUT2D eigenvalue weighted by molar-refractivity contribution is 5.95. The van der Waals surface area contributed by atoms with Gasteiger partial charge in [-0.05, 0) is 29.8 Å². The number of benzene rings is 2. The minimum absolute atomic E-state index is 0.0787. The van der Waals surface area contributed by atoms with Gasteiger partial charge in [0.2, 0.25) is 5.91 Å². The van der Waals surface area contributed by atoms with Crippen LogP contribution in [0.25, 0.3) is 0 Å².